The predicted molar refractivity (Wildman–Crippen MR) is 160 cm³/mol. The molecular formula is C31H33O4PS2. The van der Waals surface area contributed by atoms with E-state index >= 15 is 0 Å². The van der Waals surface area contributed by atoms with Gasteiger partial charge in [0.15, 0.2) is 5.41 Å². The molecule has 4 nitrogen and oxygen atoms in total. The Hall–Kier alpha value is -2.66. The second kappa shape index (κ2) is 12.9. The Bertz CT molecular complexity index is 1250. The van der Waals surface area contributed by atoms with E-state index in [1.807, 2.05) is 66.7 Å². The van der Waals surface area contributed by atoms with Crippen molar-refractivity contribution in [3.05, 3.63) is 102 Å². The highest BCUT2D eigenvalue weighted by Gasteiger charge is 2.56. The number of hydrogen-bond acceptors (Lipinski definition) is 6. The summed E-state index contributed by atoms with van der Waals surface area (Å²) in [7, 11) is 0. The van der Waals surface area contributed by atoms with E-state index in [1.54, 1.807) is 25.6 Å². The first-order valence-corrected chi connectivity index (χ1v) is 16.7. The molecule has 0 spiro atoms. The molecule has 0 heterocycles. The third-order valence-corrected chi connectivity index (χ3v) is 12.8. The van der Waals surface area contributed by atoms with Crippen LogP contribution in [0.5, 0.6) is 0 Å². The number of allylic oxidation sites excluding steroid dienone is 1. The van der Waals surface area contributed by atoms with Gasteiger partial charge in [-0.2, -0.15) is 0 Å². The SMILES string of the molecule is CCOC(=O)C1(C(=O)OCC)C/C(=C/Sc2ccccc2)C(CP(=S)(c2ccccc2)c2ccccc2)C1. The van der Waals surface area contributed by atoms with Gasteiger partial charge >= 0.3 is 11.9 Å². The minimum absolute atomic E-state index is 0.0775. The van der Waals surface area contributed by atoms with E-state index in [0.29, 0.717) is 12.6 Å². The summed E-state index contributed by atoms with van der Waals surface area (Å²) >= 11 is 8.16. The van der Waals surface area contributed by atoms with E-state index in [4.69, 9.17) is 21.3 Å². The maximum atomic E-state index is 13.4. The molecule has 3 aromatic carbocycles. The summed E-state index contributed by atoms with van der Waals surface area (Å²) in [6.45, 7) is 3.93. The van der Waals surface area contributed by atoms with Gasteiger partial charge in [-0.25, -0.2) is 0 Å². The number of rotatable bonds is 10. The van der Waals surface area contributed by atoms with Crippen molar-refractivity contribution in [2.75, 3.05) is 19.4 Å². The molecule has 198 valence electrons. The molecular weight excluding hydrogens is 531 g/mol. The Kier molecular flexibility index (Phi) is 9.64. The highest BCUT2D eigenvalue weighted by atomic mass is 32.4. The number of thioether (sulfide) groups is 1. The van der Waals surface area contributed by atoms with Gasteiger partial charge in [-0.05, 0) is 66.9 Å². The Morgan fingerprint density at radius 1 is 0.868 bits per heavy atom. The first kappa shape index (κ1) is 28.4. The van der Waals surface area contributed by atoms with Gasteiger partial charge in [0, 0.05) is 10.9 Å². The summed E-state index contributed by atoms with van der Waals surface area (Å²) in [6.07, 6.45) is 1.26. The molecule has 3 aromatic rings. The van der Waals surface area contributed by atoms with Crippen LogP contribution in [-0.2, 0) is 30.9 Å². The maximum absolute atomic E-state index is 13.4. The monoisotopic (exact) mass is 564 g/mol. The molecule has 1 saturated carbocycles. The predicted octanol–water partition coefficient (Wildman–Crippen LogP) is 6.32. The van der Waals surface area contributed by atoms with E-state index in [2.05, 4.69) is 29.7 Å². The topological polar surface area (TPSA) is 52.6 Å². The van der Waals surface area contributed by atoms with Crippen molar-refractivity contribution in [1.82, 2.24) is 0 Å². The lowest BCUT2D eigenvalue weighted by atomic mass is 9.85. The molecule has 7 heteroatoms. The van der Waals surface area contributed by atoms with E-state index in [1.165, 1.54) is 0 Å². The van der Waals surface area contributed by atoms with E-state index < -0.39 is 23.4 Å². The first-order chi connectivity index (χ1) is 18.4. The highest BCUT2D eigenvalue weighted by molar-refractivity contribution is 8.21. The normalized spacial score (nSPS) is 17.7. The minimum Gasteiger partial charge on any atom is -0.465 e. The number of hydrogen-bond donors (Lipinski definition) is 0. The number of benzene rings is 3. The molecule has 1 aliphatic carbocycles. The molecule has 1 unspecified atom stereocenters. The molecule has 0 N–H and O–H groups in total. The average Bonchev–Trinajstić information content (AvgIpc) is 3.33. The van der Waals surface area contributed by atoms with Crippen molar-refractivity contribution in [3.63, 3.8) is 0 Å². The molecule has 1 fully saturated rings. The molecule has 1 aliphatic rings. The smallest absolute Gasteiger partial charge is 0.323 e. The summed E-state index contributed by atoms with van der Waals surface area (Å²) in [5, 5.41) is 4.36. The van der Waals surface area contributed by atoms with Crippen LogP contribution in [0.1, 0.15) is 26.7 Å². The summed E-state index contributed by atoms with van der Waals surface area (Å²) in [5.41, 5.74) is -0.325. The Labute approximate surface area is 234 Å². The lowest BCUT2D eigenvalue weighted by Crippen LogP contribution is -2.40. The molecule has 0 radical (unpaired) electrons. The largest absolute Gasteiger partial charge is 0.465 e. The van der Waals surface area contributed by atoms with Gasteiger partial charge in [-0.15, -0.1) is 0 Å². The van der Waals surface area contributed by atoms with Crippen LogP contribution in [0.2, 0.25) is 0 Å². The zero-order valence-corrected chi connectivity index (χ0v) is 24.3. The third kappa shape index (κ3) is 6.14. The number of ether oxygens (including phenoxy) is 2. The van der Waals surface area contributed by atoms with Crippen molar-refractivity contribution < 1.29 is 19.1 Å². The van der Waals surface area contributed by atoms with Gasteiger partial charge < -0.3 is 9.47 Å². The van der Waals surface area contributed by atoms with Crippen LogP contribution in [0.25, 0.3) is 0 Å². The quantitative estimate of drug-likeness (QED) is 0.124. The van der Waals surface area contributed by atoms with Gasteiger partial charge in [-0.3, -0.25) is 9.59 Å². The molecule has 0 aromatic heterocycles. The summed E-state index contributed by atoms with van der Waals surface area (Å²) < 4.78 is 10.9. The van der Waals surface area contributed by atoms with Crippen LogP contribution < -0.4 is 10.6 Å². The van der Waals surface area contributed by atoms with Crippen LogP contribution in [-0.4, -0.2) is 31.3 Å². The molecule has 0 saturated heterocycles. The zero-order chi connectivity index (χ0) is 27.0. The lowest BCUT2D eigenvalue weighted by Gasteiger charge is -2.28. The van der Waals surface area contributed by atoms with Gasteiger partial charge in [0.05, 0.1) is 13.2 Å². The average molecular weight is 565 g/mol. The summed E-state index contributed by atoms with van der Waals surface area (Å²) in [6, 6.07) is 28.3. The second-order valence-corrected chi connectivity index (χ2v) is 15.0. The van der Waals surface area contributed by atoms with Gasteiger partial charge in [0.1, 0.15) is 0 Å². The highest BCUT2D eigenvalue weighted by Crippen LogP contribution is 2.55. The standard InChI is InChI=1S/C31H33O4PS2/c1-3-34-29(32)31(30(33)35-4-2)20-24(25(21-31)23-38-28-18-12-7-13-19-28)22-36(37,26-14-8-5-9-15-26)27-16-10-6-11-17-27/h5-19,23-24H,3-4,20-22H2,1-2H3/b25-23-. The number of carbonyl (C=O) groups is 2. The molecule has 4 rings (SSSR count). The van der Waals surface area contributed by atoms with Crippen LogP contribution in [0.3, 0.4) is 0 Å². The lowest BCUT2D eigenvalue weighted by molar-refractivity contribution is -0.171. The number of carbonyl (C=O) groups excluding carboxylic acids is 2. The van der Waals surface area contributed by atoms with E-state index in [0.717, 1.165) is 21.1 Å². The van der Waals surface area contributed by atoms with Gasteiger partial charge in [0.25, 0.3) is 0 Å². The summed E-state index contributed by atoms with van der Waals surface area (Å²) in [5.74, 6) is -1.10. The number of esters is 2. The molecule has 38 heavy (non-hydrogen) atoms. The van der Waals surface area contributed by atoms with Crippen molar-refractivity contribution in [2.45, 2.75) is 31.6 Å². The Morgan fingerprint density at radius 2 is 1.34 bits per heavy atom. The maximum Gasteiger partial charge on any atom is 0.323 e. The van der Waals surface area contributed by atoms with Gasteiger partial charge in [0.2, 0.25) is 0 Å². The van der Waals surface area contributed by atoms with Crippen LogP contribution in [0.15, 0.2) is 107 Å². The van der Waals surface area contributed by atoms with E-state index in [-0.39, 0.29) is 25.6 Å². The fourth-order valence-electron chi connectivity index (χ4n) is 5.02. The third-order valence-electron chi connectivity index (χ3n) is 6.87. The Morgan fingerprint density at radius 3 is 1.82 bits per heavy atom. The molecule has 0 bridgehead atoms. The fourth-order valence-corrected chi connectivity index (χ4v) is 10.2. The molecule has 0 amide bonds. The van der Waals surface area contributed by atoms with Crippen molar-refractivity contribution in [3.8, 4) is 0 Å². The van der Waals surface area contributed by atoms with Crippen molar-refractivity contribution in [2.24, 2.45) is 11.3 Å². The van der Waals surface area contributed by atoms with Crippen LogP contribution >= 0.6 is 17.8 Å². The van der Waals surface area contributed by atoms with Crippen molar-refractivity contribution in [1.29, 1.82) is 0 Å². The van der Waals surface area contributed by atoms with Crippen molar-refractivity contribution >= 4 is 52.2 Å². The van der Waals surface area contributed by atoms with E-state index in [9.17, 15) is 9.59 Å². The Balaban J connectivity index is 1.79. The molecule has 0 aliphatic heterocycles. The summed E-state index contributed by atoms with van der Waals surface area (Å²) in [4.78, 5) is 27.9. The zero-order valence-electron chi connectivity index (χ0n) is 21.7. The fraction of sp³-hybridized carbons (Fsp3) is 0.290. The van der Waals surface area contributed by atoms with Crippen LogP contribution in [0.4, 0.5) is 0 Å². The minimum atomic E-state index is -2.27. The molecule has 1 atom stereocenters. The van der Waals surface area contributed by atoms with Crippen LogP contribution in [0, 0.1) is 11.3 Å². The van der Waals surface area contributed by atoms with Gasteiger partial charge in [-0.1, -0.05) is 108 Å². The first-order valence-electron chi connectivity index (χ1n) is 12.9. The second-order valence-electron chi connectivity index (χ2n) is 9.32.